The van der Waals surface area contributed by atoms with Crippen molar-refractivity contribution < 1.29 is 18.8 Å². The van der Waals surface area contributed by atoms with E-state index >= 15 is 0 Å². The van der Waals surface area contributed by atoms with Crippen LogP contribution in [0.1, 0.15) is 38.5 Å². The third kappa shape index (κ3) is 4.55. The number of halogens is 1. The summed E-state index contributed by atoms with van der Waals surface area (Å²) in [5.74, 6) is 3.16. The van der Waals surface area contributed by atoms with E-state index in [9.17, 15) is 4.79 Å². The fraction of sp³-hybridized carbons (Fsp3) is 0.500. The fourth-order valence-corrected chi connectivity index (χ4v) is 6.33. The third-order valence-electron chi connectivity index (χ3n) is 7.32. The summed E-state index contributed by atoms with van der Waals surface area (Å²) in [6, 6.07) is 3.86. The van der Waals surface area contributed by atoms with Gasteiger partial charge < -0.3 is 25.1 Å². The van der Waals surface area contributed by atoms with Gasteiger partial charge in [-0.25, -0.2) is 4.57 Å². The van der Waals surface area contributed by atoms with Gasteiger partial charge in [-0.3, -0.25) is 4.79 Å². The molecule has 6 rings (SSSR count). The molecular formula is C24H28BrN6O3S+. The van der Waals surface area contributed by atoms with Crippen LogP contribution in [0, 0.1) is 11.8 Å². The summed E-state index contributed by atoms with van der Waals surface area (Å²) in [7, 11) is 0. The van der Waals surface area contributed by atoms with Crippen LogP contribution in [-0.4, -0.2) is 45.6 Å². The average Bonchev–Trinajstić information content (AvgIpc) is 3.45. The molecule has 9 nitrogen and oxygen atoms in total. The van der Waals surface area contributed by atoms with E-state index in [0.717, 1.165) is 88.9 Å². The lowest BCUT2D eigenvalue weighted by molar-refractivity contribution is -0.677. The molecule has 0 spiro atoms. The predicted molar refractivity (Wildman–Crippen MR) is 134 cm³/mol. The van der Waals surface area contributed by atoms with Gasteiger partial charge in [0.2, 0.25) is 30.0 Å². The number of hydrogen-bond acceptors (Lipinski definition) is 7. The maximum Gasteiger partial charge on any atom is 0.294 e. The van der Waals surface area contributed by atoms with Crippen molar-refractivity contribution in [3.05, 3.63) is 22.9 Å². The first-order chi connectivity index (χ1) is 17.0. The van der Waals surface area contributed by atoms with Gasteiger partial charge in [-0.1, -0.05) is 16.4 Å². The lowest BCUT2D eigenvalue weighted by Gasteiger charge is -2.36. The van der Waals surface area contributed by atoms with Crippen LogP contribution in [0.2, 0.25) is 0 Å². The highest BCUT2D eigenvalue weighted by Gasteiger charge is 2.32. The van der Waals surface area contributed by atoms with Crippen LogP contribution in [0.3, 0.4) is 0 Å². The van der Waals surface area contributed by atoms with Crippen LogP contribution in [0.5, 0.6) is 11.5 Å². The standard InChI is InChI=1S/C24H27BrN6O3S/c25-16-10-17-18(34-13-33-17)11-19(16)35-24-28-20-21(26)27-12-31(22(20)29-24)9-6-14-4-7-30(8-5-14)23(32)15-2-1-3-15/h10-12,14-15H,1-9,13H2,(H2,26,28,29)/p+1. The van der Waals surface area contributed by atoms with Crippen LogP contribution in [-0.2, 0) is 11.3 Å². The number of nitrogens with zero attached hydrogens (tertiary/aromatic N) is 4. The van der Waals surface area contributed by atoms with E-state index in [-0.39, 0.29) is 6.79 Å². The maximum atomic E-state index is 12.5. The molecule has 2 fully saturated rings. The van der Waals surface area contributed by atoms with Gasteiger partial charge in [0.05, 0.1) is 6.54 Å². The van der Waals surface area contributed by atoms with Crippen molar-refractivity contribution in [3.8, 4) is 11.5 Å². The van der Waals surface area contributed by atoms with E-state index in [4.69, 9.17) is 20.2 Å². The molecule has 0 bridgehead atoms. The summed E-state index contributed by atoms with van der Waals surface area (Å²) < 4.78 is 13.9. The minimum atomic E-state index is 0.235. The highest BCUT2D eigenvalue weighted by atomic mass is 79.9. The molecule has 11 heteroatoms. The van der Waals surface area contributed by atoms with Crippen molar-refractivity contribution in [2.75, 3.05) is 25.6 Å². The van der Waals surface area contributed by atoms with E-state index in [0.29, 0.717) is 23.6 Å². The lowest BCUT2D eigenvalue weighted by Crippen LogP contribution is -2.44. The largest absolute Gasteiger partial charge is 0.454 e. The number of piperidine rings is 1. The SMILES string of the molecule is Nc1nc[n+](CCC2CCN(C(=O)C3CCC3)CC2)c2nc(Sc3cc4c(cc3Br)OCO4)[nH]c12. The molecule has 3 aromatic rings. The number of aromatic amines is 1. The molecule has 1 amide bonds. The molecule has 1 saturated heterocycles. The van der Waals surface area contributed by atoms with Gasteiger partial charge in [-0.05, 0) is 77.8 Å². The molecule has 1 aliphatic carbocycles. The molecule has 0 radical (unpaired) electrons. The number of carbonyl (C=O) groups excluding carboxylic acids is 1. The molecule has 3 N–H and O–H groups in total. The number of nitrogen functional groups attached to an aromatic ring is 1. The number of nitrogens with one attached hydrogen (secondary N) is 1. The van der Waals surface area contributed by atoms with E-state index in [1.54, 1.807) is 6.33 Å². The molecule has 35 heavy (non-hydrogen) atoms. The number of amides is 1. The number of imidazole rings is 1. The smallest absolute Gasteiger partial charge is 0.294 e. The number of rotatable bonds is 6. The average molecular weight is 560 g/mol. The number of H-pyrrole nitrogens is 1. The second-order valence-corrected chi connectivity index (χ2v) is 11.4. The number of aromatic nitrogens is 4. The first kappa shape index (κ1) is 22.9. The van der Waals surface area contributed by atoms with E-state index in [1.807, 2.05) is 12.1 Å². The molecule has 1 aromatic carbocycles. The second kappa shape index (κ2) is 9.50. The Kier molecular flexibility index (Phi) is 6.21. The van der Waals surface area contributed by atoms with Crippen LogP contribution < -0.4 is 19.8 Å². The lowest BCUT2D eigenvalue weighted by atomic mass is 9.83. The summed E-state index contributed by atoms with van der Waals surface area (Å²) in [5.41, 5.74) is 7.71. The number of ether oxygens (including phenoxy) is 2. The summed E-state index contributed by atoms with van der Waals surface area (Å²) in [5, 5.41) is 0.732. The Morgan fingerprint density at radius 1 is 1.23 bits per heavy atom. The fourth-order valence-electron chi connectivity index (χ4n) is 4.95. The Morgan fingerprint density at radius 2 is 2.00 bits per heavy atom. The normalized spacial score (nSPS) is 18.3. The number of carbonyl (C=O) groups is 1. The number of nitrogens with two attached hydrogens (primary N) is 1. The first-order valence-corrected chi connectivity index (χ1v) is 13.8. The Balaban J connectivity index is 1.13. The monoisotopic (exact) mass is 559 g/mol. The Hall–Kier alpha value is -2.53. The van der Waals surface area contributed by atoms with Gasteiger partial charge in [0.25, 0.3) is 5.65 Å². The Morgan fingerprint density at radius 3 is 2.74 bits per heavy atom. The predicted octanol–water partition coefficient (Wildman–Crippen LogP) is 3.90. The molecular weight excluding hydrogens is 532 g/mol. The summed E-state index contributed by atoms with van der Waals surface area (Å²) in [6.07, 6.45) is 8.28. The molecule has 4 heterocycles. The topological polar surface area (TPSA) is 110 Å². The summed E-state index contributed by atoms with van der Waals surface area (Å²) in [4.78, 5) is 28.1. The molecule has 184 valence electrons. The first-order valence-electron chi connectivity index (χ1n) is 12.1. The van der Waals surface area contributed by atoms with Gasteiger partial charge in [0, 0.05) is 28.4 Å². The quantitative estimate of drug-likeness (QED) is 0.440. The zero-order valence-electron chi connectivity index (χ0n) is 19.3. The Labute approximate surface area is 215 Å². The van der Waals surface area contributed by atoms with Gasteiger partial charge in [-0.2, -0.15) is 0 Å². The minimum absolute atomic E-state index is 0.235. The molecule has 3 aliphatic rings. The second-order valence-electron chi connectivity index (χ2n) is 9.49. The van der Waals surface area contributed by atoms with E-state index in [1.165, 1.54) is 18.2 Å². The zero-order valence-corrected chi connectivity index (χ0v) is 21.7. The number of hydrogen-bond donors (Lipinski definition) is 2. The molecule has 0 atom stereocenters. The number of fused-ring (bicyclic) bond motifs is 2. The summed E-state index contributed by atoms with van der Waals surface area (Å²) >= 11 is 5.11. The van der Waals surface area contributed by atoms with Crippen molar-refractivity contribution in [3.63, 3.8) is 0 Å². The Bertz CT molecular complexity index is 1270. The van der Waals surface area contributed by atoms with Gasteiger partial charge in [-0.15, -0.1) is 0 Å². The molecule has 0 unspecified atom stereocenters. The van der Waals surface area contributed by atoms with E-state index < -0.39 is 0 Å². The third-order valence-corrected chi connectivity index (χ3v) is 9.18. The zero-order chi connectivity index (χ0) is 23.9. The van der Waals surface area contributed by atoms with E-state index in [2.05, 4.69) is 35.4 Å². The van der Waals surface area contributed by atoms with Gasteiger partial charge >= 0.3 is 0 Å². The number of aryl methyl sites for hydroxylation is 1. The van der Waals surface area contributed by atoms with Crippen molar-refractivity contribution in [2.24, 2.45) is 11.8 Å². The summed E-state index contributed by atoms with van der Waals surface area (Å²) in [6.45, 7) is 2.81. The van der Waals surface area contributed by atoms with Crippen LogP contribution >= 0.6 is 27.7 Å². The number of likely N-dealkylation sites (tertiary alicyclic amines) is 1. The highest BCUT2D eigenvalue weighted by Crippen LogP contribution is 2.42. The highest BCUT2D eigenvalue weighted by molar-refractivity contribution is 9.10. The van der Waals surface area contributed by atoms with Crippen molar-refractivity contribution in [1.29, 1.82) is 0 Å². The maximum absolute atomic E-state index is 12.5. The van der Waals surface area contributed by atoms with Crippen LogP contribution in [0.15, 0.2) is 33.0 Å². The van der Waals surface area contributed by atoms with Crippen molar-refractivity contribution >= 4 is 50.6 Å². The van der Waals surface area contributed by atoms with Crippen molar-refractivity contribution in [2.45, 2.75) is 55.1 Å². The van der Waals surface area contributed by atoms with Gasteiger partial charge in [0.1, 0.15) is 0 Å². The molecule has 2 aromatic heterocycles. The van der Waals surface area contributed by atoms with Crippen LogP contribution in [0.4, 0.5) is 5.82 Å². The minimum Gasteiger partial charge on any atom is -0.454 e. The van der Waals surface area contributed by atoms with Crippen molar-refractivity contribution in [1.82, 2.24) is 19.9 Å². The van der Waals surface area contributed by atoms with Crippen LogP contribution in [0.25, 0.3) is 11.2 Å². The molecule has 1 saturated carbocycles. The number of benzene rings is 1. The number of anilines is 1. The molecule has 2 aliphatic heterocycles. The van der Waals surface area contributed by atoms with Gasteiger partial charge in [0.15, 0.2) is 17.0 Å².